The Morgan fingerprint density at radius 3 is 2.74 bits per heavy atom. The summed E-state index contributed by atoms with van der Waals surface area (Å²) in [4.78, 5) is 18.4. The molecule has 0 saturated carbocycles. The number of aromatic nitrogens is 3. The Morgan fingerprint density at radius 1 is 1.00 bits per heavy atom. The van der Waals surface area contributed by atoms with Gasteiger partial charge in [0.1, 0.15) is 12.2 Å². The molecule has 2 heterocycles. The van der Waals surface area contributed by atoms with Crippen LogP contribution in [-0.4, -0.2) is 38.7 Å². The van der Waals surface area contributed by atoms with Crippen LogP contribution in [0, 0.1) is 0 Å². The largest absolute Gasteiger partial charge is 0.342 e. The van der Waals surface area contributed by atoms with E-state index in [0.29, 0.717) is 6.42 Å². The zero-order valence-electron chi connectivity index (χ0n) is 13.5. The quantitative estimate of drug-likeness (QED) is 0.823. The molecule has 0 radical (unpaired) electrons. The molecule has 5 heteroatoms. The van der Waals surface area contributed by atoms with E-state index in [2.05, 4.69) is 34.3 Å². The molecule has 1 fully saturated rings. The maximum Gasteiger partial charge on any atom is 0.222 e. The first-order chi connectivity index (χ1) is 11.3. The molecule has 0 aliphatic carbocycles. The summed E-state index contributed by atoms with van der Waals surface area (Å²) in [5, 5.41) is 4.33. The molecule has 3 rings (SSSR count). The first-order valence-corrected chi connectivity index (χ1v) is 8.51. The second-order valence-corrected chi connectivity index (χ2v) is 6.08. The van der Waals surface area contributed by atoms with Crippen molar-refractivity contribution < 1.29 is 4.79 Å². The van der Waals surface area contributed by atoms with E-state index in [1.54, 1.807) is 6.33 Å². The Hall–Kier alpha value is -2.17. The van der Waals surface area contributed by atoms with Gasteiger partial charge in [-0.05, 0) is 24.8 Å². The molecule has 1 aromatic heterocycles. The second-order valence-electron chi connectivity index (χ2n) is 6.08. The second kappa shape index (κ2) is 7.90. The molecule has 1 aromatic carbocycles. The highest BCUT2D eigenvalue weighted by molar-refractivity contribution is 5.76. The van der Waals surface area contributed by atoms with Crippen LogP contribution in [-0.2, 0) is 24.2 Å². The molecule has 5 nitrogen and oxygen atoms in total. The van der Waals surface area contributed by atoms with Crippen molar-refractivity contribution in [1.29, 1.82) is 0 Å². The van der Waals surface area contributed by atoms with Gasteiger partial charge in [-0.2, -0.15) is 5.10 Å². The predicted octanol–water partition coefficient (Wildman–Crippen LogP) is 2.47. The monoisotopic (exact) mass is 312 g/mol. The molecule has 0 spiro atoms. The summed E-state index contributed by atoms with van der Waals surface area (Å²) in [7, 11) is 0. The van der Waals surface area contributed by atoms with Crippen LogP contribution in [0.15, 0.2) is 36.7 Å². The van der Waals surface area contributed by atoms with E-state index in [1.807, 2.05) is 15.6 Å². The van der Waals surface area contributed by atoms with Crippen molar-refractivity contribution in [2.24, 2.45) is 0 Å². The number of hydrogen-bond donors (Lipinski definition) is 0. The predicted molar refractivity (Wildman–Crippen MR) is 88.9 cm³/mol. The first-order valence-electron chi connectivity index (χ1n) is 8.51. The maximum atomic E-state index is 12.1. The molecule has 1 aliphatic rings. The maximum absolute atomic E-state index is 12.1. The molecule has 1 amide bonds. The lowest BCUT2D eigenvalue weighted by molar-refractivity contribution is -0.130. The van der Waals surface area contributed by atoms with Gasteiger partial charge in [0.25, 0.3) is 0 Å². The normalized spacial score (nSPS) is 15.7. The zero-order chi connectivity index (χ0) is 15.9. The minimum atomic E-state index is 0.290. The summed E-state index contributed by atoms with van der Waals surface area (Å²) >= 11 is 0. The van der Waals surface area contributed by atoms with Crippen LogP contribution in [0.3, 0.4) is 0 Å². The van der Waals surface area contributed by atoms with Crippen molar-refractivity contribution in [2.75, 3.05) is 13.1 Å². The fourth-order valence-corrected chi connectivity index (χ4v) is 3.06. The van der Waals surface area contributed by atoms with E-state index in [0.717, 1.165) is 57.6 Å². The van der Waals surface area contributed by atoms with E-state index in [-0.39, 0.29) is 5.91 Å². The Kier molecular flexibility index (Phi) is 5.40. The van der Waals surface area contributed by atoms with Crippen molar-refractivity contribution in [2.45, 2.75) is 45.1 Å². The Morgan fingerprint density at radius 2 is 1.87 bits per heavy atom. The van der Waals surface area contributed by atoms with Gasteiger partial charge >= 0.3 is 0 Å². The minimum Gasteiger partial charge on any atom is -0.342 e. The van der Waals surface area contributed by atoms with E-state index in [9.17, 15) is 4.79 Å². The van der Waals surface area contributed by atoms with E-state index >= 15 is 0 Å². The average molecular weight is 312 g/mol. The molecule has 0 N–H and O–H groups in total. The summed E-state index contributed by atoms with van der Waals surface area (Å²) in [6, 6.07) is 10.4. The van der Waals surface area contributed by atoms with Gasteiger partial charge in [0.15, 0.2) is 0 Å². The highest BCUT2D eigenvalue weighted by atomic mass is 16.2. The number of hydrogen-bond acceptors (Lipinski definition) is 3. The summed E-state index contributed by atoms with van der Waals surface area (Å²) in [6.45, 7) is 2.47. The van der Waals surface area contributed by atoms with E-state index in [1.165, 1.54) is 5.56 Å². The fourth-order valence-electron chi connectivity index (χ4n) is 3.06. The van der Waals surface area contributed by atoms with Crippen LogP contribution in [0.5, 0.6) is 0 Å². The average Bonchev–Trinajstić information content (AvgIpc) is 2.93. The van der Waals surface area contributed by atoms with Crippen LogP contribution in [0.4, 0.5) is 0 Å². The zero-order valence-corrected chi connectivity index (χ0v) is 13.5. The van der Waals surface area contributed by atoms with Gasteiger partial charge in [-0.25, -0.2) is 9.67 Å². The van der Waals surface area contributed by atoms with E-state index < -0.39 is 0 Å². The summed E-state index contributed by atoms with van der Waals surface area (Å²) in [5.74, 6) is 1.26. The Labute approximate surface area is 137 Å². The molecule has 0 bridgehead atoms. The highest BCUT2D eigenvalue weighted by Crippen LogP contribution is 2.12. The summed E-state index contributed by atoms with van der Waals surface area (Å²) in [6.07, 6.45) is 7.34. The topological polar surface area (TPSA) is 51.0 Å². The standard InChI is InChI=1S/C18H24N4O/c23-18-9-5-2-6-12-21(18)13-11-17-19-15-20-22(17)14-10-16-7-3-1-4-8-16/h1,3-4,7-8,15H,2,5-6,9-14H2. The molecule has 122 valence electrons. The van der Waals surface area contributed by atoms with Gasteiger partial charge < -0.3 is 4.90 Å². The van der Waals surface area contributed by atoms with Crippen molar-refractivity contribution in [1.82, 2.24) is 19.7 Å². The minimum absolute atomic E-state index is 0.290. The number of aryl methyl sites for hydroxylation is 2. The molecule has 23 heavy (non-hydrogen) atoms. The van der Waals surface area contributed by atoms with Crippen LogP contribution >= 0.6 is 0 Å². The van der Waals surface area contributed by atoms with Crippen molar-refractivity contribution in [3.8, 4) is 0 Å². The lowest BCUT2D eigenvalue weighted by atomic mass is 10.1. The molecule has 1 saturated heterocycles. The Balaban J connectivity index is 1.54. The van der Waals surface area contributed by atoms with Gasteiger partial charge in [0, 0.05) is 32.5 Å². The number of nitrogens with zero attached hydrogens (tertiary/aromatic N) is 4. The van der Waals surface area contributed by atoms with Crippen molar-refractivity contribution in [3.63, 3.8) is 0 Å². The summed E-state index contributed by atoms with van der Waals surface area (Å²) in [5.41, 5.74) is 1.30. The summed E-state index contributed by atoms with van der Waals surface area (Å²) < 4.78 is 1.97. The molecule has 2 aromatic rings. The molecule has 1 aliphatic heterocycles. The van der Waals surface area contributed by atoms with Gasteiger partial charge in [0.05, 0.1) is 0 Å². The third-order valence-electron chi connectivity index (χ3n) is 4.43. The van der Waals surface area contributed by atoms with Crippen LogP contribution in [0.1, 0.15) is 37.1 Å². The lowest BCUT2D eigenvalue weighted by Gasteiger charge is -2.20. The number of likely N-dealkylation sites (tertiary alicyclic amines) is 1. The van der Waals surface area contributed by atoms with Crippen LogP contribution in [0.2, 0.25) is 0 Å². The molecule has 0 atom stereocenters. The SMILES string of the molecule is O=C1CCCCCN1CCc1ncnn1CCc1ccccc1. The van der Waals surface area contributed by atoms with Gasteiger partial charge in [-0.3, -0.25) is 4.79 Å². The third kappa shape index (κ3) is 4.41. The fraction of sp³-hybridized carbons (Fsp3) is 0.500. The molecular weight excluding hydrogens is 288 g/mol. The molecule has 0 unspecified atom stereocenters. The lowest BCUT2D eigenvalue weighted by Crippen LogP contribution is -2.32. The highest BCUT2D eigenvalue weighted by Gasteiger charge is 2.17. The molecular formula is C18H24N4O. The third-order valence-corrected chi connectivity index (χ3v) is 4.43. The van der Waals surface area contributed by atoms with Crippen molar-refractivity contribution >= 4 is 5.91 Å². The van der Waals surface area contributed by atoms with Gasteiger partial charge in [0.2, 0.25) is 5.91 Å². The van der Waals surface area contributed by atoms with E-state index in [4.69, 9.17) is 0 Å². The first kappa shape index (κ1) is 15.7. The van der Waals surface area contributed by atoms with Gasteiger partial charge in [-0.1, -0.05) is 36.8 Å². The number of benzene rings is 1. The number of carbonyl (C=O) groups is 1. The van der Waals surface area contributed by atoms with Gasteiger partial charge in [-0.15, -0.1) is 0 Å². The van der Waals surface area contributed by atoms with Crippen LogP contribution < -0.4 is 0 Å². The van der Waals surface area contributed by atoms with Crippen molar-refractivity contribution in [3.05, 3.63) is 48.0 Å². The number of carbonyl (C=O) groups excluding carboxylic acids is 1. The number of amides is 1. The van der Waals surface area contributed by atoms with Crippen LogP contribution in [0.25, 0.3) is 0 Å². The number of rotatable bonds is 6. The smallest absolute Gasteiger partial charge is 0.222 e. The Bertz CT molecular complexity index is 623.